The second-order valence-corrected chi connectivity index (χ2v) is 9.34. The lowest BCUT2D eigenvalue weighted by molar-refractivity contribution is -0.121. The number of rotatable bonds is 9. The van der Waals surface area contributed by atoms with Crippen LogP contribution in [-0.4, -0.2) is 48.3 Å². The quantitative estimate of drug-likeness (QED) is 0.444. The van der Waals surface area contributed by atoms with Crippen molar-refractivity contribution in [1.29, 1.82) is 0 Å². The van der Waals surface area contributed by atoms with Gasteiger partial charge in [0.1, 0.15) is 11.2 Å². The van der Waals surface area contributed by atoms with Gasteiger partial charge in [-0.05, 0) is 53.2 Å². The van der Waals surface area contributed by atoms with Gasteiger partial charge < -0.3 is 30.7 Å². The molecule has 0 spiro atoms. The Balaban J connectivity index is 2.42. The summed E-state index contributed by atoms with van der Waals surface area (Å²) in [6.07, 6.45) is -1.01. The van der Waals surface area contributed by atoms with Gasteiger partial charge in [-0.15, -0.1) is 0 Å². The lowest BCUT2D eigenvalue weighted by atomic mass is 10.1. The van der Waals surface area contributed by atoms with Crippen LogP contribution in [-0.2, 0) is 25.6 Å². The number of para-hydroxylation sites is 1. The topological polar surface area (TPSA) is 135 Å². The molecule has 0 saturated heterocycles. The van der Waals surface area contributed by atoms with Crippen molar-refractivity contribution in [3.8, 4) is 0 Å². The number of amides is 4. The van der Waals surface area contributed by atoms with E-state index in [9.17, 15) is 19.2 Å². The molecule has 0 unspecified atom stereocenters. The Hall–Kier alpha value is -3.30. The highest BCUT2D eigenvalue weighted by atomic mass is 16.6. The molecular weight excluding hydrogens is 428 g/mol. The average molecular weight is 465 g/mol. The molecule has 0 aliphatic carbocycles. The fraction of sp³-hybridized carbons (Fsp3) is 0.565. The highest BCUT2D eigenvalue weighted by Gasteiger charge is 2.17. The predicted octanol–water partition coefficient (Wildman–Crippen LogP) is 3.07. The Morgan fingerprint density at radius 3 is 1.73 bits per heavy atom. The first-order chi connectivity index (χ1) is 15.2. The number of carbonyl (C=O) groups is 4. The number of anilines is 1. The normalized spacial score (nSPS) is 11.2. The summed E-state index contributed by atoms with van der Waals surface area (Å²) in [7, 11) is 0. The number of alkyl carbamates (subject to hydrolysis) is 2. The van der Waals surface area contributed by atoms with Gasteiger partial charge in [-0.1, -0.05) is 18.2 Å². The van der Waals surface area contributed by atoms with E-state index in [1.165, 1.54) is 0 Å². The molecular formula is C23H36N4O6. The van der Waals surface area contributed by atoms with E-state index >= 15 is 0 Å². The van der Waals surface area contributed by atoms with Gasteiger partial charge in [-0.3, -0.25) is 9.59 Å². The zero-order valence-electron chi connectivity index (χ0n) is 20.3. The molecule has 4 N–H and O–H groups in total. The first kappa shape index (κ1) is 27.7. The summed E-state index contributed by atoms with van der Waals surface area (Å²) in [4.78, 5) is 47.6. The molecule has 1 aromatic rings. The highest BCUT2D eigenvalue weighted by Crippen LogP contribution is 2.15. The maximum absolute atomic E-state index is 12.2. The molecule has 10 nitrogen and oxygen atoms in total. The number of carbonyl (C=O) groups excluding carboxylic acids is 4. The van der Waals surface area contributed by atoms with E-state index in [0.29, 0.717) is 5.69 Å². The molecule has 10 heteroatoms. The van der Waals surface area contributed by atoms with Crippen LogP contribution in [0.5, 0.6) is 0 Å². The molecule has 1 aromatic carbocycles. The molecule has 0 radical (unpaired) electrons. The standard InChI is InChI=1S/C23H36N4O6/c1-22(2,3)32-20(30)24-13-11-18(28)26-15-16-9-7-8-10-17(16)27-19(29)12-14-25-21(31)33-23(4,5)6/h7-10H,11-15H2,1-6H3,(H,24,30)(H,25,31)(H,26,28)(H,27,29). The molecule has 184 valence electrons. The Kier molecular flexibility index (Phi) is 10.6. The fourth-order valence-electron chi connectivity index (χ4n) is 2.48. The molecule has 0 heterocycles. The predicted molar refractivity (Wildman–Crippen MR) is 125 cm³/mol. The summed E-state index contributed by atoms with van der Waals surface area (Å²) in [5.74, 6) is -0.542. The van der Waals surface area contributed by atoms with E-state index < -0.39 is 23.4 Å². The van der Waals surface area contributed by atoms with Crippen LogP contribution < -0.4 is 21.3 Å². The van der Waals surface area contributed by atoms with Crippen LogP contribution in [0, 0.1) is 0 Å². The average Bonchev–Trinajstić information content (AvgIpc) is 2.64. The summed E-state index contributed by atoms with van der Waals surface area (Å²) >= 11 is 0. The zero-order valence-corrected chi connectivity index (χ0v) is 20.3. The summed E-state index contributed by atoms with van der Waals surface area (Å²) < 4.78 is 10.2. The number of ether oxygens (including phenoxy) is 2. The maximum Gasteiger partial charge on any atom is 0.407 e. The van der Waals surface area contributed by atoms with Gasteiger partial charge in [0.25, 0.3) is 0 Å². The van der Waals surface area contributed by atoms with Gasteiger partial charge in [0.2, 0.25) is 11.8 Å². The van der Waals surface area contributed by atoms with Crippen molar-refractivity contribution in [3.63, 3.8) is 0 Å². The van der Waals surface area contributed by atoms with Crippen molar-refractivity contribution in [2.24, 2.45) is 0 Å². The van der Waals surface area contributed by atoms with Crippen LogP contribution in [0.2, 0.25) is 0 Å². The number of hydrogen-bond acceptors (Lipinski definition) is 6. The second kappa shape index (κ2) is 12.7. The lowest BCUT2D eigenvalue weighted by Gasteiger charge is -2.19. The van der Waals surface area contributed by atoms with Crippen LogP contribution in [0.1, 0.15) is 59.9 Å². The molecule has 0 atom stereocenters. The minimum Gasteiger partial charge on any atom is -0.444 e. The molecule has 33 heavy (non-hydrogen) atoms. The monoisotopic (exact) mass is 464 g/mol. The zero-order chi connectivity index (χ0) is 25.1. The van der Waals surface area contributed by atoms with Gasteiger partial charge in [0, 0.05) is 38.2 Å². The van der Waals surface area contributed by atoms with Crippen LogP contribution in [0.15, 0.2) is 24.3 Å². The molecule has 0 bridgehead atoms. The molecule has 1 rings (SSSR count). The number of hydrogen-bond donors (Lipinski definition) is 4. The first-order valence-corrected chi connectivity index (χ1v) is 10.8. The summed E-state index contributed by atoms with van der Waals surface area (Å²) in [5.41, 5.74) is 0.0692. The minimum atomic E-state index is -0.610. The SMILES string of the molecule is CC(C)(C)OC(=O)NCCC(=O)NCc1ccccc1NC(=O)CCNC(=O)OC(C)(C)C. The van der Waals surface area contributed by atoms with Gasteiger partial charge in [-0.25, -0.2) is 9.59 Å². The third kappa shape index (κ3) is 13.7. The second-order valence-electron chi connectivity index (χ2n) is 9.34. The summed E-state index contributed by atoms with van der Waals surface area (Å²) in [6.45, 7) is 11.0. The smallest absolute Gasteiger partial charge is 0.407 e. The van der Waals surface area contributed by atoms with Crippen molar-refractivity contribution in [1.82, 2.24) is 16.0 Å². The number of nitrogens with one attached hydrogen (secondary N) is 4. The summed E-state index contributed by atoms with van der Waals surface area (Å²) in [6, 6.07) is 7.08. The fourth-order valence-corrected chi connectivity index (χ4v) is 2.48. The Morgan fingerprint density at radius 2 is 1.21 bits per heavy atom. The maximum atomic E-state index is 12.2. The first-order valence-electron chi connectivity index (χ1n) is 10.8. The van der Waals surface area contributed by atoms with E-state index in [4.69, 9.17) is 9.47 Å². The van der Waals surface area contributed by atoms with Crippen LogP contribution in [0.4, 0.5) is 15.3 Å². The van der Waals surface area contributed by atoms with Crippen molar-refractivity contribution < 1.29 is 28.7 Å². The molecule has 0 aliphatic rings. The molecule has 0 aromatic heterocycles. The minimum absolute atomic E-state index is 0.0657. The van der Waals surface area contributed by atoms with Crippen LogP contribution >= 0.6 is 0 Å². The van der Waals surface area contributed by atoms with Gasteiger partial charge in [0.05, 0.1) is 0 Å². The van der Waals surface area contributed by atoms with Crippen LogP contribution in [0.3, 0.4) is 0 Å². The van der Waals surface area contributed by atoms with Crippen molar-refractivity contribution in [2.75, 3.05) is 18.4 Å². The van der Waals surface area contributed by atoms with Crippen LogP contribution in [0.25, 0.3) is 0 Å². The molecule has 4 amide bonds. The number of benzene rings is 1. The third-order valence-corrected chi connectivity index (χ3v) is 3.81. The van der Waals surface area contributed by atoms with Gasteiger partial charge in [-0.2, -0.15) is 0 Å². The molecule has 0 fully saturated rings. The van der Waals surface area contributed by atoms with E-state index in [0.717, 1.165) is 5.56 Å². The van der Waals surface area contributed by atoms with Crippen molar-refractivity contribution in [3.05, 3.63) is 29.8 Å². The van der Waals surface area contributed by atoms with Crippen molar-refractivity contribution in [2.45, 2.75) is 72.1 Å². The Labute approximate surface area is 195 Å². The van der Waals surface area contributed by atoms with E-state index in [-0.39, 0.29) is 44.3 Å². The lowest BCUT2D eigenvalue weighted by Crippen LogP contribution is -2.35. The Morgan fingerprint density at radius 1 is 0.727 bits per heavy atom. The Bertz CT molecular complexity index is 827. The molecule has 0 saturated carbocycles. The van der Waals surface area contributed by atoms with Gasteiger partial charge >= 0.3 is 12.2 Å². The largest absolute Gasteiger partial charge is 0.444 e. The van der Waals surface area contributed by atoms with Crippen molar-refractivity contribution >= 4 is 29.7 Å². The highest BCUT2D eigenvalue weighted by molar-refractivity contribution is 5.92. The van der Waals surface area contributed by atoms with E-state index in [1.807, 2.05) is 0 Å². The van der Waals surface area contributed by atoms with Gasteiger partial charge in [0.15, 0.2) is 0 Å². The van der Waals surface area contributed by atoms with E-state index in [2.05, 4.69) is 21.3 Å². The third-order valence-electron chi connectivity index (χ3n) is 3.81. The summed E-state index contributed by atoms with van der Waals surface area (Å²) in [5, 5.41) is 10.6. The van der Waals surface area contributed by atoms with E-state index in [1.54, 1.807) is 65.8 Å². The molecule has 0 aliphatic heterocycles.